The lowest BCUT2D eigenvalue weighted by Crippen LogP contribution is -2.31. The normalized spacial score (nSPS) is 15.6. The Bertz CT molecular complexity index is 375. The van der Waals surface area contributed by atoms with Crippen molar-refractivity contribution >= 4 is 17.4 Å². The van der Waals surface area contributed by atoms with Gasteiger partial charge < -0.3 is 4.90 Å². The van der Waals surface area contributed by atoms with Crippen LogP contribution < -0.4 is 4.90 Å². The molecule has 0 aromatic carbocycles. The quantitative estimate of drug-likeness (QED) is 0.757. The zero-order valence-electron chi connectivity index (χ0n) is 10.1. The number of rotatable bonds is 4. The second-order valence-electron chi connectivity index (χ2n) is 4.89. The SMILES string of the molecule is Cc1c(Cl)ncnc1N(CC(C)C)C1CC1. The van der Waals surface area contributed by atoms with Crippen molar-refractivity contribution < 1.29 is 0 Å². The first-order chi connectivity index (χ1) is 7.59. The van der Waals surface area contributed by atoms with Crippen LogP contribution in [0.5, 0.6) is 0 Å². The lowest BCUT2D eigenvalue weighted by Gasteiger charge is -2.26. The van der Waals surface area contributed by atoms with Gasteiger partial charge in [-0.05, 0) is 25.7 Å². The highest BCUT2D eigenvalue weighted by atomic mass is 35.5. The largest absolute Gasteiger partial charge is 0.353 e. The van der Waals surface area contributed by atoms with E-state index in [-0.39, 0.29) is 0 Å². The number of hydrogen-bond donors (Lipinski definition) is 0. The minimum atomic E-state index is 0.569. The second-order valence-corrected chi connectivity index (χ2v) is 5.25. The van der Waals surface area contributed by atoms with E-state index in [1.165, 1.54) is 12.8 Å². The molecule has 1 heterocycles. The van der Waals surface area contributed by atoms with Crippen LogP contribution in [0.1, 0.15) is 32.3 Å². The number of hydrogen-bond acceptors (Lipinski definition) is 3. The van der Waals surface area contributed by atoms with Gasteiger partial charge in [0.2, 0.25) is 0 Å². The molecule has 0 atom stereocenters. The van der Waals surface area contributed by atoms with Gasteiger partial charge in [-0.1, -0.05) is 25.4 Å². The van der Waals surface area contributed by atoms with Gasteiger partial charge in [-0.3, -0.25) is 0 Å². The van der Waals surface area contributed by atoms with Gasteiger partial charge in [-0.15, -0.1) is 0 Å². The summed E-state index contributed by atoms with van der Waals surface area (Å²) in [4.78, 5) is 10.8. The van der Waals surface area contributed by atoms with Crippen LogP contribution in [0.3, 0.4) is 0 Å². The Morgan fingerprint density at radius 3 is 2.69 bits per heavy atom. The highest BCUT2D eigenvalue weighted by Crippen LogP contribution is 2.33. The van der Waals surface area contributed by atoms with Crippen molar-refractivity contribution in [3.8, 4) is 0 Å². The van der Waals surface area contributed by atoms with E-state index >= 15 is 0 Å². The average Bonchev–Trinajstić information content (AvgIpc) is 3.02. The zero-order valence-corrected chi connectivity index (χ0v) is 10.8. The lowest BCUT2D eigenvalue weighted by atomic mass is 10.2. The number of anilines is 1. The fraction of sp³-hybridized carbons (Fsp3) is 0.667. The molecule has 0 amide bonds. The highest BCUT2D eigenvalue weighted by molar-refractivity contribution is 6.30. The van der Waals surface area contributed by atoms with Crippen LogP contribution in [0, 0.1) is 12.8 Å². The van der Waals surface area contributed by atoms with Crippen LogP contribution in [0.2, 0.25) is 5.15 Å². The van der Waals surface area contributed by atoms with Gasteiger partial charge in [-0.25, -0.2) is 9.97 Å². The van der Waals surface area contributed by atoms with Crippen LogP contribution in [0.4, 0.5) is 5.82 Å². The maximum atomic E-state index is 6.04. The molecule has 0 saturated heterocycles. The Hall–Kier alpha value is -0.830. The molecule has 1 fully saturated rings. The fourth-order valence-corrected chi connectivity index (χ4v) is 2.03. The highest BCUT2D eigenvalue weighted by Gasteiger charge is 2.31. The molecule has 1 aliphatic rings. The van der Waals surface area contributed by atoms with E-state index in [9.17, 15) is 0 Å². The number of aromatic nitrogens is 2. The van der Waals surface area contributed by atoms with Gasteiger partial charge >= 0.3 is 0 Å². The summed E-state index contributed by atoms with van der Waals surface area (Å²) in [6, 6.07) is 0.659. The van der Waals surface area contributed by atoms with E-state index in [2.05, 4.69) is 28.7 Å². The van der Waals surface area contributed by atoms with Crippen LogP contribution in [-0.4, -0.2) is 22.6 Å². The minimum absolute atomic E-state index is 0.569. The molecule has 16 heavy (non-hydrogen) atoms. The van der Waals surface area contributed by atoms with Crippen LogP contribution in [0.25, 0.3) is 0 Å². The first kappa shape index (κ1) is 11.6. The summed E-state index contributed by atoms with van der Waals surface area (Å²) in [6.07, 6.45) is 4.10. The van der Waals surface area contributed by atoms with Crippen molar-refractivity contribution in [1.29, 1.82) is 0 Å². The zero-order chi connectivity index (χ0) is 11.7. The molecule has 2 rings (SSSR count). The van der Waals surface area contributed by atoms with E-state index in [0.717, 1.165) is 17.9 Å². The Kier molecular flexibility index (Phi) is 3.33. The van der Waals surface area contributed by atoms with Crippen molar-refractivity contribution in [3.05, 3.63) is 17.0 Å². The summed E-state index contributed by atoms with van der Waals surface area (Å²) >= 11 is 6.04. The number of halogens is 1. The fourth-order valence-electron chi connectivity index (χ4n) is 1.90. The molecule has 0 unspecified atom stereocenters. The van der Waals surface area contributed by atoms with Crippen molar-refractivity contribution in [2.24, 2.45) is 5.92 Å². The predicted octanol–water partition coefficient (Wildman–Crippen LogP) is 3.06. The van der Waals surface area contributed by atoms with E-state index < -0.39 is 0 Å². The lowest BCUT2D eigenvalue weighted by molar-refractivity contribution is 0.601. The van der Waals surface area contributed by atoms with Crippen LogP contribution in [0.15, 0.2) is 6.33 Å². The molecule has 0 radical (unpaired) electrons. The van der Waals surface area contributed by atoms with E-state index in [1.54, 1.807) is 6.33 Å². The van der Waals surface area contributed by atoms with Crippen molar-refractivity contribution in [3.63, 3.8) is 0 Å². The molecule has 0 N–H and O–H groups in total. The van der Waals surface area contributed by atoms with E-state index in [0.29, 0.717) is 17.1 Å². The van der Waals surface area contributed by atoms with Gasteiger partial charge in [0.25, 0.3) is 0 Å². The summed E-state index contributed by atoms with van der Waals surface area (Å²) in [7, 11) is 0. The summed E-state index contributed by atoms with van der Waals surface area (Å²) in [6.45, 7) is 7.49. The third-order valence-electron chi connectivity index (χ3n) is 2.82. The summed E-state index contributed by atoms with van der Waals surface area (Å²) in [5, 5.41) is 0.569. The standard InChI is InChI=1S/C12H18ClN3/c1-8(2)6-16(10-4-5-10)12-9(3)11(13)14-7-15-12/h7-8,10H,4-6H2,1-3H3. The average molecular weight is 240 g/mol. The van der Waals surface area contributed by atoms with Gasteiger partial charge in [0, 0.05) is 18.2 Å². The molecular weight excluding hydrogens is 222 g/mol. The summed E-state index contributed by atoms with van der Waals surface area (Å²) in [5.74, 6) is 1.64. The van der Waals surface area contributed by atoms with Gasteiger partial charge in [-0.2, -0.15) is 0 Å². The Labute approximate surface area is 102 Å². The van der Waals surface area contributed by atoms with E-state index in [1.807, 2.05) is 6.92 Å². The van der Waals surface area contributed by atoms with Gasteiger partial charge in [0.05, 0.1) is 0 Å². The molecule has 0 spiro atoms. The third kappa shape index (κ3) is 2.46. The van der Waals surface area contributed by atoms with Crippen LogP contribution >= 0.6 is 11.6 Å². The first-order valence-corrected chi connectivity index (χ1v) is 6.21. The first-order valence-electron chi connectivity index (χ1n) is 5.83. The van der Waals surface area contributed by atoms with Crippen molar-refractivity contribution in [1.82, 2.24) is 9.97 Å². The minimum Gasteiger partial charge on any atom is -0.353 e. The second kappa shape index (κ2) is 4.58. The Morgan fingerprint density at radius 1 is 1.44 bits per heavy atom. The third-order valence-corrected chi connectivity index (χ3v) is 3.20. The number of nitrogens with zero attached hydrogens (tertiary/aromatic N) is 3. The van der Waals surface area contributed by atoms with Gasteiger partial charge in [0.15, 0.2) is 0 Å². The summed E-state index contributed by atoms with van der Waals surface area (Å²) < 4.78 is 0. The molecular formula is C12H18ClN3. The molecule has 0 aliphatic heterocycles. The smallest absolute Gasteiger partial charge is 0.137 e. The molecule has 0 bridgehead atoms. The summed E-state index contributed by atoms with van der Waals surface area (Å²) in [5.41, 5.74) is 0.997. The van der Waals surface area contributed by atoms with E-state index in [4.69, 9.17) is 11.6 Å². The molecule has 3 nitrogen and oxygen atoms in total. The predicted molar refractivity (Wildman–Crippen MR) is 67.0 cm³/mol. The maximum Gasteiger partial charge on any atom is 0.137 e. The Morgan fingerprint density at radius 2 is 2.12 bits per heavy atom. The molecule has 1 aliphatic carbocycles. The molecule has 1 aromatic rings. The van der Waals surface area contributed by atoms with Crippen LogP contribution in [-0.2, 0) is 0 Å². The molecule has 1 saturated carbocycles. The molecule has 1 aromatic heterocycles. The van der Waals surface area contributed by atoms with Crippen molar-refractivity contribution in [2.75, 3.05) is 11.4 Å². The molecule has 4 heteroatoms. The monoisotopic (exact) mass is 239 g/mol. The van der Waals surface area contributed by atoms with Crippen molar-refractivity contribution in [2.45, 2.75) is 39.7 Å². The Balaban J connectivity index is 2.27. The topological polar surface area (TPSA) is 29.0 Å². The molecule has 88 valence electrons. The maximum absolute atomic E-state index is 6.04. The van der Waals surface area contributed by atoms with Gasteiger partial charge in [0.1, 0.15) is 17.3 Å².